The van der Waals surface area contributed by atoms with Crippen LogP contribution in [-0.4, -0.2) is 17.4 Å². The molecule has 100 valence electrons. The fourth-order valence-corrected chi connectivity index (χ4v) is 2.38. The standard InChI is InChI=1S/C12H11Cl2N3OS/c13-9-2-1-7(5-10(9)14)11(18)16-4-3-8-6-19-12(15)17-8/h1-2,5-6H,3-4H2,(H2,15,17)(H,16,18). The maximum absolute atomic E-state index is 11.8. The third kappa shape index (κ3) is 3.83. The van der Waals surface area contributed by atoms with E-state index in [4.69, 9.17) is 28.9 Å². The number of nitrogens with two attached hydrogens (primary N) is 1. The molecule has 0 aliphatic rings. The van der Waals surface area contributed by atoms with E-state index in [2.05, 4.69) is 10.3 Å². The number of benzene rings is 1. The Morgan fingerprint density at radius 1 is 1.37 bits per heavy atom. The molecule has 0 radical (unpaired) electrons. The van der Waals surface area contributed by atoms with Crippen LogP contribution in [-0.2, 0) is 6.42 Å². The van der Waals surface area contributed by atoms with E-state index < -0.39 is 0 Å². The Hall–Kier alpha value is -1.30. The number of anilines is 1. The Morgan fingerprint density at radius 2 is 2.16 bits per heavy atom. The van der Waals surface area contributed by atoms with Crippen LogP contribution in [0.1, 0.15) is 16.1 Å². The first-order valence-electron chi connectivity index (χ1n) is 5.49. The second-order valence-corrected chi connectivity index (χ2v) is 5.52. The van der Waals surface area contributed by atoms with E-state index in [1.807, 2.05) is 5.38 Å². The molecule has 3 N–H and O–H groups in total. The second-order valence-electron chi connectivity index (χ2n) is 3.81. The average Bonchev–Trinajstić information content (AvgIpc) is 2.78. The minimum absolute atomic E-state index is 0.193. The Balaban J connectivity index is 1.89. The van der Waals surface area contributed by atoms with Crippen molar-refractivity contribution in [3.63, 3.8) is 0 Å². The van der Waals surface area contributed by atoms with Gasteiger partial charge in [0.1, 0.15) is 0 Å². The molecule has 0 unspecified atom stereocenters. The number of thiazole rings is 1. The zero-order valence-electron chi connectivity index (χ0n) is 9.82. The van der Waals surface area contributed by atoms with Gasteiger partial charge in [0, 0.05) is 23.9 Å². The van der Waals surface area contributed by atoms with Gasteiger partial charge in [-0.3, -0.25) is 4.79 Å². The first kappa shape index (κ1) is 14.1. The predicted octanol–water partition coefficient (Wildman–Crippen LogP) is 3.00. The summed E-state index contributed by atoms with van der Waals surface area (Å²) >= 11 is 13.0. The molecule has 2 aromatic rings. The number of rotatable bonds is 4. The minimum Gasteiger partial charge on any atom is -0.375 e. The Kier molecular flexibility index (Phi) is 4.63. The highest BCUT2D eigenvalue weighted by Gasteiger charge is 2.08. The van der Waals surface area contributed by atoms with Crippen LogP contribution in [0.4, 0.5) is 5.13 Å². The quantitative estimate of drug-likeness (QED) is 0.911. The van der Waals surface area contributed by atoms with Crippen molar-refractivity contribution < 1.29 is 4.79 Å². The van der Waals surface area contributed by atoms with Gasteiger partial charge in [-0.25, -0.2) is 4.98 Å². The van der Waals surface area contributed by atoms with Crippen molar-refractivity contribution in [3.8, 4) is 0 Å². The van der Waals surface area contributed by atoms with E-state index in [1.165, 1.54) is 11.3 Å². The van der Waals surface area contributed by atoms with Gasteiger partial charge in [-0.15, -0.1) is 11.3 Å². The van der Waals surface area contributed by atoms with Gasteiger partial charge in [-0.1, -0.05) is 23.2 Å². The molecule has 19 heavy (non-hydrogen) atoms. The number of aromatic nitrogens is 1. The third-order valence-electron chi connectivity index (χ3n) is 2.42. The summed E-state index contributed by atoms with van der Waals surface area (Å²) in [5.41, 5.74) is 6.88. The lowest BCUT2D eigenvalue weighted by atomic mass is 10.2. The first-order valence-corrected chi connectivity index (χ1v) is 7.13. The van der Waals surface area contributed by atoms with Gasteiger partial charge in [-0.2, -0.15) is 0 Å². The van der Waals surface area contributed by atoms with E-state index in [-0.39, 0.29) is 5.91 Å². The van der Waals surface area contributed by atoms with Gasteiger partial charge in [0.15, 0.2) is 5.13 Å². The van der Waals surface area contributed by atoms with Crippen LogP contribution in [0.25, 0.3) is 0 Å². The van der Waals surface area contributed by atoms with E-state index in [0.29, 0.717) is 33.7 Å². The van der Waals surface area contributed by atoms with Crippen LogP contribution < -0.4 is 11.1 Å². The molecule has 1 aromatic heterocycles. The number of nitrogens with one attached hydrogen (secondary N) is 1. The van der Waals surface area contributed by atoms with Gasteiger partial charge in [0.05, 0.1) is 15.7 Å². The van der Waals surface area contributed by atoms with Crippen molar-refractivity contribution in [3.05, 3.63) is 44.9 Å². The van der Waals surface area contributed by atoms with Crippen LogP contribution in [0, 0.1) is 0 Å². The fourth-order valence-electron chi connectivity index (χ4n) is 1.48. The molecule has 0 saturated carbocycles. The van der Waals surface area contributed by atoms with Gasteiger partial charge in [-0.05, 0) is 18.2 Å². The molecule has 0 bridgehead atoms. The molecule has 7 heteroatoms. The average molecular weight is 316 g/mol. The van der Waals surface area contributed by atoms with E-state index in [1.54, 1.807) is 18.2 Å². The van der Waals surface area contributed by atoms with Gasteiger partial charge in [0.2, 0.25) is 0 Å². The lowest BCUT2D eigenvalue weighted by molar-refractivity contribution is 0.0954. The monoisotopic (exact) mass is 315 g/mol. The summed E-state index contributed by atoms with van der Waals surface area (Å²) < 4.78 is 0. The van der Waals surface area contributed by atoms with E-state index in [9.17, 15) is 4.79 Å². The van der Waals surface area contributed by atoms with Crippen LogP contribution in [0.3, 0.4) is 0 Å². The Bertz CT molecular complexity index is 600. The van der Waals surface area contributed by atoms with Gasteiger partial charge in [0.25, 0.3) is 5.91 Å². The summed E-state index contributed by atoms with van der Waals surface area (Å²) in [5, 5.41) is 5.98. The molecule has 0 aliphatic heterocycles. The smallest absolute Gasteiger partial charge is 0.251 e. The van der Waals surface area contributed by atoms with Crippen molar-refractivity contribution in [1.82, 2.24) is 10.3 Å². The Morgan fingerprint density at radius 3 is 2.79 bits per heavy atom. The third-order valence-corrected chi connectivity index (χ3v) is 3.88. The number of amides is 1. The molecule has 2 rings (SSSR count). The zero-order valence-corrected chi connectivity index (χ0v) is 12.1. The Labute approximate surface area is 124 Å². The highest BCUT2D eigenvalue weighted by molar-refractivity contribution is 7.13. The van der Waals surface area contributed by atoms with Crippen molar-refractivity contribution >= 4 is 45.6 Å². The predicted molar refractivity (Wildman–Crippen MR) is 79.0 cm³/mol. The number of nitrogen functional groups attached to an aromatic ring is 1. The molecule has 0 saturated heterocycles. The molecule has 0 spiro atoms. The number of carbonyl (C=O) groups excluding carboxylic acids is 1. The molecular weight excluding hydrogens is 305 g/mol. The maximum atomic E-state index is 11.8. The SMILES string of the molecule is Nc1nc(CCNC(=O)c2ccc(Cl)c(Cl)c2)cs1. The van der Waals surface area contributed by atoms with Crippen molar-refractivity contribution in [1.29, 1.82) is 0 Å². The minimum atomic E-state index is -0.193. The molecule has 0 atom stereocenters. The lowest BCUT2D eigenvalue weighted by Crippen LogP contribution is -2.25. The molecular formula is C12H11Cl2N3OS. The van der Waals surface area contributed by atoms with Crippen LogP contribution in [0.5, 0.6) is 0 Å². The van der Waals surface area contributed by atoms with Crippen molar-refractivity contribution in [2.24, 2.45) is 0 Å². The molecule has 1 heterocycles. The number of halogens is 2. The summed E-state index contributed by atoms with van der Waals surface area (Å²) in [4.78, 5) is 16.0. The lowest BCUT2D eigenvalue weighted by Gasteiger charge is -2.05. The highest BCUT2D eigenvalue weighted by atomic mass is 35.5. The summed E-state index contributed by atoms with van der Waals surface area (Å²) in [5.74, 6) is -0.193. The largest absolute Gasteiger partial charge is 0.375 e. The van der Waals surface area contributed by atoms with E-state index >= 15 is 0 Å². The molecule has 0 aliphatic carbocycles. The van der Waals surface area contributed by atoms with Crippen LogP contribution >= 0.6 is 34.5 Å². The van der Waals surface area contributed by atoms with E-state index in [0.717, 1.165) is 5.69 Å². The molecule has 1 aromatic carbocycles. The topological polar surface area (TPSA) is 68.0 Å². The first-order chi connectivity index (χ1) is 9.06. The highest BCUT2D eigenvalue weighted by Crippen LogP contribution is 2.22. The zero-order chi connectivity index (χ0) is 13.8. The number of hydrogen-bond donors (Lipinski definition) is 2. The molecule has 4 nitrogen and oxygen atoms in total. The number of hydrogen-bond acceptors (Lipinski definition) is 4. The molecule has 1 amide bonds. The normalized spacial score (nSPS) is 10.4. The maximum Gasteiger partial charge on any atom is 0.251 e. The number of nitrogens with zero attached hydrogens (tertiary/aromatic N) is 1. The summed E-state index contributed by atoms with van der Waals surface area (Å²) in [6.07, 6.45) is 0.640. The number of carbonyl (C=O) groups is 1. The second kappa shape index (κ2) is 6.23. The summed E-state index contributed by atoms with van der Waals surface area (Å²) in [7, 11) is 0. The van der Waals surface area contributed by atoms with Gasteiger partial charge < -0.3 is 11.1 Å². The van der Waals surface area contributed by atoms with Crippen molar-refractivity contribution in [2.75, 3.05) is 12.3 Å². The summed E-state index contributed by atoms with van der Waals surface area (Å²) in [6, 6.07) is 4.77. The molecule has 0 fully saturated rings. The fraction of sp³-hybridized carbons (Fsp3) is 0.167. The van der Waals surface area contributed by atoms with Crippen molar-refractivity contribution in [2.45, 2.75) is 6.42 Å². The summed E-state index contributed by atoms with van der Waals surface area (Å²) in [6.45, 7) is 0.488. The van der Waals surface area contributed by atoms with Crippen LogP contribution in [0.15, 0.2) is 23.6 Å². The van der Waals surface area contributed by atoms with Gasteiger partial charge >= 0.3 is 0 Å². The van der Waals surface area contributed by atoms with Crippen LogP contribution in [0.2, 0.25) is 10.0 Å².